The highest BCUT2D eigenvalue weighted by molar-refractivity contribution is 5.14. The van der Waals surface area contributed by atoms with E-state index in [1.54, 1.807) is 25.7 Å². The van der Waals surface area contributed by atoms with E-state index in [-0.39, 0.29) is 0 Å². The van der Waals surface area contributed by atoms with Gasteiger partial charge in [0.25, 0.3) is 0 Å². The SMILES string of the molecule is C1=CC=CNC=C1.C1CCCC(C2CCCCCCC2)CCC1. The van der Waals surface area contributed by atoms with Crippen LogP contribution in [0.3, 0.4) is 0 Å². The molecule has 0 aromatic heterocycles. The van der Waals surface area contributed by atoms with Crippen LogP contribution in [0.5, 0.6) is 0 Å². The molecular formula is C22H37N. The van der Waals surface area contributed by atoms with Crippen molar-refractivity contribution < 1.29 is 0 Å². The lowest BCUT2D eigenvalue weighted by molar-refractivity contribution is 0.221. The summed E-state index contributed by atoms with van der Waals surface area (Å²) in [6.45, 7) is 0. The van der Waals surface area contributed by atoms with Gasteiger partial charge in [-0.15, -0.1) is 0 Å². The second-order valence-electron chi connectivity index (χ2n) is 7.48. The Kier molecular flexibility index (Phi) is 9.93. The molecule has 1 nitrogen and oxygen atoms in total. The Morgan fingerprint density at radius 3 is 1.17 bits per heavy atom. The van der Waals surface area contributed by atoms with E-state index < -0.39 is 0 Å². The summed E-state index contributed by atoms with van der Waals surface area (Å²) in [4.78, 5) is 0. The summed E-state index contributed by atoms with van der Waals surface area (Å²) in [7, 11) is 0. The van der Waals surface area contributed by atoms with E-state index in [1.165, 1.54) is 64.2 Å². The van der Waals surface area contributed by atoms with Gasteiger partial charge in [0.1, 0.15) is 0 Å². The third-order valence-electron chi connectivity index (χ3n) is 5.68. The molecule has 23 heavy (non-hydrogen) atoms. The third kappa shape index (κ3) is 8.44. The van der Waals surface area contributed by atoms with Crippen LogP contribution in [-0.2, 0) is 0 Å². The van der Waals surface area contributed by atoms with Crippen LogP contribution in [0.4, 0.5) is 0 Å². The number of hydrogen-bond donors (Lipinski definition) is 1. The van der Waals surface area contributed by atoms with Crippen molar-refractivity contribution in [3.63, 3.8) is 0 Å². The van der Waals surface area contributed by atoms with Crippen molar-refractivity contribution in [2.75, 3.05) is 0 Å². The fourth-order valence-corrected chi connectivity index (χ4v) is 4.32. The van der Waals surface area contributed by atoms with E-state index in [2.05, 4.69) is 5.32 Å². The van der Waals surface area contributed by atoms with Crippen molar-refractivity contribution in [1.29, 1.82) is 0 Å². The molecule has 0 aromatic carbocycles. The predicted octanol–water partition coefficient (Wildman–Crippen LogP) is 6.88. The van der Waals surface area contributed by atoms with Gasteiger partial charge >= 0.3 is 0 Å². The van der Waals surface area contributed by atoms with Crippen molar-refractivity contribution in [1.82, 2.24) is 5.32 Å². The van der Waals surface area contributed by atoms with E-state index in [1.807, 2.05) is 36.7 Å². The highest BCUT2D eigenvalue weighted by atomic mass is 14.8. The molecule has 1 heterocycles. The highest BCUT2D eigenvalue weighted by Crippen LogP contribution is 2.35. The summed E-state index contributed by atoms with van der Waals surface area (Å²) in [6, 6.07) is 0. The zero-order valence-electron chi connectivity index (χ0n) is 15.0. The van der Waals surface area contributed by atoms with Gasteiger partial charge in [-0.3, -0.25) is 0 Å². The molecule has 2 saturated carbocycles. The largest absolute Gasteiger partial charge is 0.368 e. The molecule has 1 N–H and O–H groups in total. The maximum atomic E-state index is 2.92. The van der Waals surface area contributed by atoms with Gasteiger partial charge < -0.3 is 5.32 Å². The average Bonchev–Trinajstić information content (AvgIpc) is 2.81. The Morgan fingerprint density at radius 2 is 0.783 bits per heavy atom. The minimum absolute atomic E-state index is 1.11. The second kappa shape index (κ2) is 12.4. The lowest BCUT2D eigenvalue weighted by atomic mass is 9.76. The van der Waals surface area contributed by atoms with Gasteiger partial charge in [-0.05, 0) is 24.0 Å². The average molecular weight is 316 g/mol. The zero-order valence-corrected chi connectivity index (χ0v) is 15.0. The minimum atomic E-state index is 1.11. The maximum absolute atomic E-state index is 2.92. The molecule has 0 spiro atoms. The molecule has 3 aliphatic rings. The second-order valence-corrected chi connectivity index (χ2v) is 7.48. The molecule has 2 aliphatic carbocycles. The van der Waals surface area contributed by atoms with Crippen LogP contribution in [0.2, 0.25) is 0 Å². The van der Waals surface area contributed by atoms with E-state index in [4.69, 9.17) is 0 Å². The molecule has 2 fully saturated rings. The standard InChI is InChI=1S/C16H30.C6H7N/c1-3-7-11-15(12-8-4-1)16-13-9-5-2-6-10-14-16;1-2-4-6-7-5-3-1/h15-16H,1-14H2;1-7H. The number of nitrogens with one attached hydrogen (secondary N) is 1. The molecular weight excluding hydrogens is 278 g/mol. The third-order valence-corrected chi connectivity index (χ3v) is 5.68. The summed E-state index contributed by atoms with van der Waals surface area (Å²) >= 11 is 0. The maximum Gasteiger partial charge on any atom is 0.000442 e. The lowest BCUT2D eigenvalue weighted by Crippen LogP contribution is -2.17. The summed E-state index contributed by atoms with van der Waals surface area (Å²) in [5.41, 5.74) is 0. The Morgan fingerprint density at radius 1 is 0.435 bits per heavy atom. The summed E-state index contributed by atoms with van der Waals surface area (Å²) < 4.78 is 0. The van der Waals surface area contributed by atoms with Crippen LogP contribution >= 0.6 is 0 Å². The first-order valence-electron chi connectivity index (χ1n) is 10.2. The molecule has 1 heteroatoms. The number of rotatable bonds is 1. The van der Waals surface area contributed by atoms with E-state index in [0.29, 0.717) is 0 Å². The molecule has 0 saturated heterocycles. The predicted molar refractivity (Wildman–Crippen MR) is 102 cm³/mol. The van der Waals surface area contributed by atoms with E-state index >= 15 is 0 Å². The lowest BCUT2D eigenvalue weighted by Gasteiger charge is -2.30. The molecule has 0 atom stereocenters. The number of hydrogen-bond acceptors (Lipinski definition) is 1. The van der Waals surface area contributed by atoms with Crippen molar-refractivity contribution >= 4 is 0 Å². The van der Waals surface area contributed by atoms with Crippen molar-refractivity contribution in [3.8, 4) is 0 Å². The fourth-order valence-electron chi connectivity index (χ4n) is 4.32. The van der Waals surface area contributed by atoms with E-state index in [9.17, 15) is 0 Å². The van der Waals surface area contributed by atoms with Crippen LogP contribution < -0.4 is 5.32 Å². The monoisotopic (exact) mass is 315 g/mol. The first-order chi connectivity index (χ1) is 11.5. The van der Waals surface area contributed by atoms with Crippen LogP contribution in [0.15, 0.2) is 36.7 Å². The summed E-state index contributed by atoms with van der Waals surface area (Å²) in [6.07, 6.45) is 33.0. The van der Waals surface area contributed by atoms with Crippen LogP contribution in [-0.4, -0.2) is 0 Å². The van der Waals surface area contributed by atoms with Gasteiger partial charge in [-0.1, -0.05) is 102 Å². The van der Waals surface area contributed by atoms with Gasteiger partial charge in [0.2, 0.25) is 0 Å². The minimum Gasteiger partial charge on any atom is -0.368 e. The number of allylic oxidation sites excluding steroid dienone is 4. The van der Waals surface area contributed by atoms with Crippen LogP contribution in [0.25, 0.3) is 0 Å². The fraction of sp³-hybridized carbons (Fsp3) is 0.727. The topological polar surface area (TPSA) is 12.0 Å². The Balaban J connectivity index is 0.000000229. The summed E-state index contributed by atoms with van der Waals surface area (Å²) in [5, 5.41) is 2.92. The van der Waals surface area contributed by atoms with Gasteiger partial charge in [-0.2, -0.15) is 0 Å². The zero-order chi connectivity index (χ0) is 16.0. The van der Waals surface area contributed by atoms with Gasteiger partial charge in [0.15, 0.2) is 0 Å². The quantitative estimate of drug-likeness (QED) is 0.556. The molecule has 1 aliphatic heterocycles. The molecule has 0 amide bonds. The van der Waals surface area contributed by atoms with Crippen LogP contribution in [0, 0.1) is 11.8 Å². The molecule has 0 radical (unpaired) electrons. The van der Waals surface area contributed by atoms with Gasteiger partial charge in [0.05, 0.1) is 0 Å². The Labute approximate surface area is 144 Å². The molecule has 130 valence electrons. The van der Waals surface area contributed by atoms with Gasteiger partial charge in [0, 0.05) is 12.4 Å². The molecule has 0 unspecified atom stereocenters. The Bertz CT molecular complexity index is 316. The van der Waals surface area contributed by atoms with Crippen molar-refractivity contribution in [3.05, 3.63) is 36.7 Å². The smallest absolute Gasteiger partial charge is 0.000442 e. The molecule has 0 aromatic rings. The van der Waals surface area contributed by atoms with Crippen molar-refractivity contribution in [2.24, 2.45) is 11.8 Å². The summed E-state index contributed by atoms with van der Waals surface area (Å²) in [5.74, 6) is 2.22. The highest BCUT2D eigenvalue weighted by Gasteiger charge is 2.22. The van der Waals surface area contributed by atoms with Gasteiger partial charge in [-0.25, -0.2) is 0 Å². The normalized spacial score (nSPS) is 24.2. The van der Waals surface area contributed by atoms with Crippen LogP contribution in [0.1, 0.15) is 89.9 Å². The molecule has 3 rings (SSSR count). The van der Waals surface area contributed by atoms with Crippen molar-refractivity contribution in [2.45, 2.75) is 89.9 Å². The Hall–Kier alpha value is -0.980. The first-order valence-corrected chi connectivity index (χ1v) is 10.2. The van der Waals surface area contributed by atoms with E-state index in [0.717, 1.165) is 11.8 Å². The first kappa shape index (κ1) is 18.4. The molecule has 0 bridgehead atoms.